The molecule has 0 bridgehead atoms. The van der Waals surface area contributed by atoms with Crippen LogP contribution >= 0.6 is 0 Å². The summed E-state index contributed by atoms with van der Waals surface area (Å²) in [7, 11) is 0. The predicted molar refractivity (Wildman–Crippen MR) is 87.0 cm³/mol. The van der Waals surface area contributed by atoms with E-state index in [1.54, 1.807) is 0 Å². The molecule has 1 fully saturated rings. The molecule has 6 heteroatoms. The van der Waals surface area contributed by atoms with Crippen molar-refractivity contribution < 1.29 is 9.05 Å². The van der Waals surface area contributed by atoms with Gasteiger partial charge in [0, 0.05) is 12.5 Å². The topological polar surface area (TPSA) is 68.2 Å². The fourth-order valence-corrected chi connectivity index (χ4v) is 3.09. The Balaban J connectivity index is 1.57. The van der Waals surface area contributed by atoms with Gasteiger partial charge in [0.1, 0.15) is 0 Å². The molecule has 2 aromatic rings. The molecule has 1 aliphatic rings. The van der Waals surface area contributed by atoms with Crippen LogP contribution in [-0.4, -0.2) is 39.8 Å². The van der Waals surface area contributed by atoms with E-state index in [2.05, 4.69) is 41.0 Å². The van der Waals surface area contributed by atoms with E-state index in [4.69, 9.17) is 9.05 Å². The molecule has 3 rings (SSSR count). The van der Waals surface area contributed by atoms with Crippen molar-refractivity contribution in [3.63, 3.8) is 0 Å². The fraction of sp³-hybridized carbons (Fsp3) is 0.706. The maximum Gasteiger partial charge on any atom is 0.296 e. The molecule has 0 saturated carbocycles. The Morgan fingerprint density at radius 3 is 2.65 bits per heavy atom. The van der Waals surface area contributed by atoms with Gasteiger partial charge >= 0.3 is 0 Å². The van der Waals surface area contributed by atoms with E-state index in [1.165, 1.54) is 38.9 Å². The first-order valence-corrected chi connectivity index (χ1v) is 8.67. The van der Waals surface area contributed by atoms with E-state index in [0.29, 0.717) is 23.5 Å². The highest BCUT2D eigenvalue weighted by Crippen LogP contribution is 2.24. The molecule has 0 spiro atoms. The average Bonchev–Trinajstić information content (AvgIpc) is 3.18. The van der Waals surface area contributed by atoms with Gasteiger partial charge < -0.3 is 13.9 Å². The summed E-state index contributed by atoms with van der Waals surface area (Å²) in [5, 5.41) is 8.14. The van der Waals surface area contributed by atoms with Crippen molar-refractivity contribution in [1.29, 1.82) is 0 Å². The third-order valence-electron chi connectivity index (χ3n) is 4.52. The Kier molecular flexibility index (Phi) is 5.10. The molecule has 0 radical (unpaired) electrons. The summed E-state index contributed by atoms with van der Waals surface area (Å²) in [6.07, 6.45) is 4.54. The van der Waals surface area contributed by atoms with E-state index < -0.39 is 0 Å². The van der Waals surface area contributed by atoms with Gasteiger partial charge in [0.05, 0.1) is 5.69 Å². The second-order valence-corrected chi connectivity index (χ2v) is 6.78. The van der Waals surface area contributed by atoms with Gasteiger partial charge in [0.15, 0.2) is 5.82 Å². The summed E-state index contributed by atoms with van der Waals surface area (Å²) < 4.78 is 10.6. The lowest BCUT2D eigenvalue weighted by Gasteiger charge is -2.31. The summed E-state index contributed by atoms with van der Waals surface area (Å²) in [4.78, 5) is 7.02. The summed E-state index contributed by atoms with van der Waals surface area (Å²) in [6.45, 7) is 9.97. The van der Waals surface area contributed by atoms with Crippen LogP contribution in [0.3, 0.4) is 0 Å². The molecule has 0 unspecified atom stereocenters. The molecule has 0 amide bonds. The minimum Gasteiger partial charge on any atom is -0.351 e. The third-order valence-corrected chi connectivity index (χ3v) is 4.52. The molecule has 3 heterocycles. The Morgan fingerprint density at radius 2 is 2.00 bits per heavy atom. The molecule has 0 N–H and O–H groups in total. The zero-order valence-corrected chi connectivity index (χ0v) is 14.3. The van der Waals surface area contributed by atoms with E-state index in [0.717, 1.165) is 17.9 Å². The minimum absolute atomic E-state index is 0.322. The number of rotatable bonds is 6. The number of nitrogens with zero attached hydrogens (tertiary/aromatic N) is 4. The van der Waals surface area contributed by atoms with E-state index in [-0.39, 0.29) is 0 Å². The molecule has 1 aliphatic heterocycles. The van der Waals surface area contributed by atoms with Crippen molar-refractivity contribution in [1.82, 2.24) is 20.2 Å². The van der Waals surface area contributed by atoms with Gasteiger partial charge in [-0.05, 0) is 50.7 Å². The van der Waals surface area contributed by atoms with Crippen LogP contribution in [0.5, 0.6) is 0 Å². The molecule has 0 aliphatic carbocycles. The molecule has 23 heavy (non-hydrogen) atoms. The first-order chi connectivity index (χ1) is 11.2. The predicted octanol–water partition coefficient (Wildman–Crippen LogP) is 3.51. The maximum absolute atomic E-state index is 5.34. The highest BCUT2D eigenvalue weighted by molar-refractivity contribution is 5.44. The second-order valence-electron chi connectivity index (χ2n) is 6.78. The van der Waals surface area contributed by atoms with Crippen molar-refractivity contribution >= 4 is 0 Å². The number of likely N-dealkylation sites (tertiary alicyclic amines) is 1. The molecular weight excluding hydrogens is 292 g/mol. The summed E-state index contributed by atoms with van der Waals surface area (Å²) in [6, 6.07) is 1.88. The van der Waals surface area contributed by atoms with Crippen molar-refractivity contribution in [3.8, 4) is 11.7 Å². The SMILES string of the molecule is CCCN1CCC(Cc2noc(-c3cc(C(C)C)no3)n2)CC1. The van der Waals surface area contributed by atoms with Crippen molar-refractivity contribution in [3.05, 3.63) is 17.6 Å². The monoisotopic (exact) mass is 318 g/mol. The number of piperidine rings is 1. The highest BCUT2D eigenvalue weighted by Gasteiger charge is 2.22. The smallest absolute Gasteiger partial charge is 0.296 e. The van der Waals surface area contributed by atoms with Gasteiger partial charge in [-0.15, -0.1) is 0 Å². The second kappa shape index (κ2) is 7.25. The first-order valence-electron chi connectivity index (χ1n) is 8.67. The van der Waals surface area contributed by atoms with Crippen LogP contribution in [0.1, 0.15) is 57.5 Å². The molecule has 0 aromatic carbocycles. The molecule has 126 valence electrons. The van der Waals surface area contributed by atoms with E-state index in [1.807, 2.05) is 6.07 Å². The Morgan fingerprint density at radius 1 is 1.22 bits per heavy atom. The van der Waals surface area contributed by atoms with Crippen LogP contribution in [0.15, 0.2) is 15.1 Å². The largest absolute Gasteiger partial charge is 0.351 e. The summed E-state index contributed by atoms with van der Waals surface area (Å²) >= 11 is 0. The number of hydrogen-bond donors (Lipinski definition) is 0. The quantitative estimate of drug-likeness (QED) is 0.812. The highest BCUT2D eigenvalue weighted by atomic mass is 16.5. The van der Waals surface area contributed by atoms with Crippen LogP contribution in [0.25, 0.3) is 11.7 Å². The Bertz CT molecular complexity index is 612. The minimum atomic E-state index is 0.322. The zero-order valence-electron chi connectivity index (χ0n) is 14.3. The molecule has 6 nitrogen and oxygen atoms in total. The lowest BCUT2D eigenvalue weighted by atomic mass is 9.93. The molecule has 2 aromatic heterocycles. The standard InChI is InChI=1S/C17H26N4O2/c1-4-7-21-8-5-13(6-9-21)10-16-18-17(23-20-16)15-11-14(12(2)3)19-22-15/h11-13H,4-10H2,1-3H3. The Hall–Kier alpha value is -1.69. The van der Waals surface area contributed by atoms with Crippen molar-refractivity contribution in [2.75, 3.05) is 19.6 Å². The van der Waals surface area contributed by atoms with E-state index in [9.17, 15) is 0 Å². The van der Waals surface area contributed by atoms with Crippen LogP contribution < -0.4 is 0 Å². The van der Waals surface area contributed by atoms with Crippen LogP contribution in [0.2, 0.25) is 0 Å². The van der Waals surface area contributed by atoms with E-state index >= 15 is 0 Å². The summed E-state index contributed by atoms with van der Waals surface area (Å²) in [5.41, 5.74) is 0.906. The third kappa shape index (κ3) is 3.99. The zero-order chi connectivity index (χ0) is 16.2. The van der Waals surface area contributed by atoms with Crippen LogP contribution in [-0.2, 0) is 6.42 Å². The number of hydrogen-bond acceptors (Lipinski definition) is 6. The molecular formula is C17H26N4O2. The molecule has 1 saturated heterocycles. The van der Waals surface area contributed by atoms with Gasteiger partial charge in [-0.3, -0.25) is 0 Å². The fourth-order valence-electron chi connectivity index (χ4n) is 3.09. The summed E-state index contributed by atoms with van der Waals surface area (Å²) in [5.74, 6) is 2.74. The van der Waals surface area contributed by atoms with Gasteiger partial charge in [0.25, 0.3) is 5.89 Å². The van der Waals surface area contributed by atoms with Gasteiger partial charge in [-0.25, -0.2) is 0 Å². The van der Waals surface area contributed by atoms with Crippen molar-refractivity contribution in [2.45, 2.75) is 52.4 Å². The van der Waals surface area contributed by atoms with Crippen LogP contribution in [0, 0.1) is 5.92 Å². The Labute approximate surface area is 137 Å². The van der Waals surface area contributed by atoms with Crippen LogP contribution in [0.4, 0.5) is 0 Å². The maximum atomic E-state index is 5.34. The lowest BCUT2D eigenvalue weighted by molar-refractivity contribution is 0.182. The van der Waals surface area contributed by atoms with Gasteiger partial charge in [-0.1, -0.05) is 31.1 Å². The normalized spacial score (nSPS) is 17.2. The molecule has 0 atom stereocenters. The lowest BCUT2D eigenvalue weighted by Crippen LogP contribution is -2.34. The van der Waals surface area contributed by atoms with Gasteiger partial charge in [0.2, 0.25) is 5.76 Å². The first kappa shape index (κ1) is 16.2. The van der Waals surface area contributed by atoms with Crippen molar-refractivity contribution in [2.24, 2.45) is 5.92 Å². The average molecular weight is 318 g/mol. The van der Waals surface area contributed by atoms with Gasteiger partial charge in [-0.2, -0.15) is 4.98 Å². The number of aromatic nitrogens is 3.